The van der Waals surface area contributed by atoms with Gasteiger partial charge in [-0.25, -0.2) is 0 Å². The van der Waals surface area contributed by atoms with Crippen molar-refractivity contribution in [3.05, 3.63) is 82.6 Å². The predicted molar refractivity (Wildman–Crippen MR) is 101 cm³/mol. The summed E-state index contributed by atoms with van der Waals surface area (Å²) >= 11 is 5.43. The van der Waals surface area contributed by atoms with E-state index in [4.69, 9.17) is 12.2 Å². The topological polar surface area (TPSA) is 33.6 Å². The summed E-state index contributed by atoms with van der Waals surface area (Å²) in [7, 11) is 0. The van der Waals surface area contributed by atoms with Crippen molar-refractivity contribution < 1.29 is 0 Å². The van der Waals surface area contributed by atoms with Gasteiger partial charge in [0.1, 0.15) is 0 Å². The molecule has 0 radical (unpaired) electrons. The minimum Gasteiger partial charge on any atom is -0.279 e. The zero-order chi connectivity index (χ0) is 16.5. The van der Waals surface area contributed by atoms with Gasteiger partial charge >= 0.3 is 0 Å². The Kier molecular flexibility index (Phi) is 3.75. The van der Waals surface area contributed by atoms with Gasteiger partial charge < -0.3 is 0 Å². The maximum absolute atomic E-state index is 5.43. The van der Waals surface area contributed by atoms with Crippen molar-refractivity contribution in [1.82, 2.24) is 14.8 Å². The van der Waals surface area contributed by atoms with Crippen molar-refractivity contribution in [3.63, 3.8) is 0 Å². The molecule has 0 saturated carbocycles. The van der Waals surface area contributed by atoms with Crippen molar-refractivity contribution in [2.45, 2.75) is 13.5 Å². The first-order valence-corrected chi connectivity index (χ1v) is 8.33. The lowest BCUT2D eigenvalue weighted by Crippen LogP contribution is -2.01. The molecule has 4 aromatic rings. The summed E-state index contributed by atoms with van der Waals surface area (Å²) < 4.78 is 2.48. The Morgan fingerprint density at radius 3 is 2.54 bits per heavy atom. The first-order valence-electron chi connectivity index (χ1n) is 7.92. The highest BCUT2D eigenvalue weighted by atomic mass is 32.1. The Morgan fingerprint density at radius 2 is 1.71 bits per heavy atom. The van der Waals surface area contributed by atoms with E-state index in [9.17, 15) is 0 Å². The molecule has 3 aromatic carbocycles. The van der Waals surface area contributed by atoms with E-state index in [1.165, 1.54) is 21.9 Å². The van der Waals surface area contributed by atoms with Gasteiger partial charge in [0.05, 0.1) is 6.54 Å². The quantitative estimate of drug-likeness (QED) is 0.529. The van der Waals surface area contributed by atoms with Crippen LogP contribution in [0.5, 0.6) is 0 Å². The van der Waals surface area contributed by atoms with Crippen molar-refractivity contribution in [3.8, 4) is 11.4 Å². The molecule has 0 atom stereocenters. The second-order valence-corrected chi connectivity index (χ2v) is 6.25. The SMILES string of the molecule is Cc1c(-c2nc(=S)n(Cc3ccccc3)[nH]2)ccc2ccccc12. The van der Waals surface area contributed by atoms with Crippen LogP contribution in [-0.4, -0.2) is 14.8 Å². The fourth-order valence-electron chi connectivity index (χ4n) is 3.03. The Labute approximate surface area is 145 Å². The molecular weight excluding hydrogens is 314 g/mol. The molecule has 1 aromatic heterocycles. The molecule has 0 aliphatic heterocycles. The van der Waals surface area contributed by atoms with Crippen molar-refractivity contribution >= 4 is 23.0 Å². The van der Waals surface area contributed by atoms with E-state index in [-0.39, 0.29) is 0 Å². The van der Waals surface area contributed by atoms with E-state index in [2.05, 4.69) is 65.5 Å². The van der Waals surface area contributed by atoms with E-state index in [0.717, 1.165) is 11.4 Å². The lowest BCUT2D eigenvalue weighted by atomic mass is 10.00. The fraction of sp³-hybridized carbons (Fsp3) is 0.100. The van der Waals surface area contributed by atoms with Gasteiger partial charge in [0.2, 0.25) is 4.77 Å². The van der Waals surface area contributed by atoms with Crippen LogP contribution in [0, 0.1) is 11.7 Å². The standard InChI is InChI=1S/C20H17N3S/c1-14-17-10-6-5-9-16(17)11-12-18(14)19-21-20(24)23(22-19)13-15-7-3-2-4-8-15/h2-12H,13H2,1H3,(H,21,22,24). The van der Waals surface area contributed by atoms with Crippen molar-refractivity contribution in [2.75, 3.05) is 0 Å². The molecule has 0 aliphatic rings. The fourth-order valence-corrected chi connectivity index (χ4v) is 3.24. The van der Waals surface area contributed by atoms with Crippen LogP contribution in [0.15, 0.2) is 66.7 Å². The number of benzene rings is 3. The van der Waals surface area contributed by atoms with Crippen LogP contribution in [0.2, 0.25) is 0 Å². The second kappa shape index (κ2) is 6.06. The molecule has 0 amide bonds. The first-order chi connectivity index (χ1) is 11.7. The molecule has 1 N–H and O–H groups in total. The summed E-state index contributed by atoms with van der Waals surface area (Å²) in [6, 6.07) is 22.9. The molecule has 4 heteroatoms. The number of aromatic amines is 1. The van der Waals surface area contributed by atoms with Crippen LogP contribution < -0.4 is 0 Å². The van der Waals surface area contributed by atoms with Crippen LogP contribution >= 0.6 is 12.2 Å². The smallest absolute Gasteiger partial charge is 0.216 e. The van der Waals surface area contributed by atoms with Gasteiger partial charge in [-0.3, -0.25) is 9.78 Å². The number of hydrogen-bond acceptors (Lipinski definition) is 2. The van der Waals surface area contributed by atoms with Crippen LogP contribution in [0.3, 0.4) is 0 Å². The molecule has 0 unspecified atom stereocenters. The summed E-state index contributed by atoms with van der Waals surface area (Å²) in [5, 5.41) is 5.83. The van der Waals surface area contributed by atoms with Crippen LogP contribution in [0.25, 0.3) is 22.2 Å². The summed E-state index contributed by atoms with van der Waals surface area (Å²) in [6.07, 6.45) is 0. The third-order valence-electron chi connectivity index (χ3n) is 4.32. The summed E-state index contributed by atoms with van der Waals surface area (Å²) in [5.74, 6) is 0.819. The van der Waals surface area contributed by atoms with Gasteiger partial charge in [0.25, 0.3) is 0 Å². The predicted octanol–water partition coefficient (Wildman–Crippen LogP) is 5.12. The molecule has 0 bridgehead atoms. The normalized spacial score (nSPS) is 11.0. The van der Waals surface area contributed by atoms with Gasteiger partial charge in [-0.1, -0.05) is 66.7 Å². The number of nitrogens with one attached hydrogen (secondary N) is 1. The molecule has 118 valence electrons. The number of rotatable bonds is 3. The van der Waals surface area contributed by atoms with Crippen LogP contribution in [-0.2, 0) is 6.54 Å². The van der Waals surface area contributed by atoms with Crippen LogP contribution in [0.4, 0.5) is 0 Å². The highest BCUT2D eigenvalue weighted by Crippen LogP contribution is 2.27. The lowest BCUT2D eigenvalue weighted by Gasteiger charge is -2.07. The third-order valence-corrected chi connectivity index (χ3v) is 4.63. The van der Waals surface area contributed by atoms with Crippen molar-refractivity contribution in [1.29, 1.82) is 0 Å². The van der Waals surface area contributed by atoms with Gasteiger partial charge in [-0.05, 0) is 41.0 Å². The molecular formula is C20H17N3S. The number of aryl methyl sites for hydroxylation is 1. The average Bonchev–Trinajstić information content (AvgIpc) is 2.97. The summed E-state index contributed by atoms with van der Waals surface area (Å²) in [4.78, 5) is 4.57. The third kappa shape index (κ3) is 2.65. The second-order valence-electron chi connectivity index (χ2n) is 5.89. The largest absolute Gasteiger partial charge is 0.279 e. The molecule has 0 aliphatic carbocycles. The molecule has 1 heterocycles. The maximum atomic E-state index is 5.43. The van der Waals surface area contributed by atoms with Gasteiger partial charge in [-0.15, -0.1) is 0 Å². The number of hydrogen-bond donors (Lipinski definition) is 1. The van der Waals surface area contributed by atoms with Crippen LogP contribution in [0.1, 0.15) is 11.1 Å². The van der Waals surface area contributed by atoms with E-state index >= 15 is 0 Å². The number of H-pyrrole nitrogens is 1. The zero-order valence-electron chi connectivity index (χ0n) is 13.4. The van der Waals surface area contributed by atoms with E-state index in [1.54, 1.807) is 0 Å². The zero-order valence-corrected chi connectivity index (χ0v) is 14.2. The van der Waals surface area contributed by atoms with Gasteiger partial charge in [-0.2, -0.15) is 4.98 Å². The Morgan fingerprint density at radius 1 is 0.958 bits per heavy atom. The molecule has 24 heavy (non-hydrogen) atoms. The number of aromatic nitrogens is 3. The Bertz CT molecular complexity index is 1060. The van der Waals surface area contributed by atoms with Crippen molar-refractivity contribution in [2.24, 2.45) is 0 Å². The van der Waals surface area contributed by atoms with E-state index in [1.807, 2.05) is 22.9 Å². The first kappa shape index (κ1) is 14.8. The van der Waals surface area contributed by atoms with E-state index in [0.29, 0.717) is 11.3 Å². The average molecular weight is 331 g/mol. The lowest BCUT2D eigenvalue weighted by molar-refractivity contribution is 0.677. The monoisotopic (exact) mass is 331 g/mol. The van der Waals surface area contributed by atoms with E-state index < -0.39 is 0 Å². The Hall–Kier alpha value is -2.72. The maximum Gasteiger partial charge on any atom is 0.216 e. The van der Waals surface area contributed by atoms with Gasteiger partial charge in [0.15, 0.2) is 5.82 Å². The highest BCUT2D eigenvalue weighted by Gasteiger charge is 2.10. The number of fused-ring (bicyclic) bond motifs is 1. The highest BCUT2D eigenvalue weighted by molar-refractivity contribution is 7.71. The Balaban J connectivity index is 1.77. The molecule has 0 saturated heterocycles. The molecule has 4 rings (SSSR count). The summed E-state index contributed by atoms with van der Waals surface area (Å²) in [6.45, 7) is 2.82. The molecule has 3 nitrogen and oxygen atoms in total. The summed E-state index contributed by atoms with van der Waals surface area (Å²) in [5.41, 5.74) is 3.49. The minimum atomic E-state index is 0.571. The minimum absolute atomic E-state index is 0.571. The number of nitrogens with zero attached hydrogens (tertiary/aromatic N) is 2. The van der Waals surface area contributed by atoms with Gasteiger partial charge in [0, 0.05) is 5.56 Å². The molecule has 0 spiro atoms. The molecule has 0 fully saturated rings.